The molecule has 1 heterocycles. The summed E-state index contributed by atoms with van der Waals surface area (Å²) in [5.74, 6) is 0.434. The van der Waals surface area contributed by atoms with Gasteiger partial charge in [0.2, 0.25) is 11.8 Å². The molecule has 1 N–H and O–H groups in total. The summed E-state index contributed by atoms with van der Waals surface area (Å²) in [6.45, 7) is 12.9. The third-order valence-electron chi connectivity index (χ3n) is 3.42. The summed E-state index contributed by atoms with van der Waals surface area (Å²) in [5, 5.41) is 2.90. The number of nitrogens with zero attached hydrogens (tertiary/aromatic N) is 1. The third-order valence-corrected chi connectivity index (χ3v) is 3.42. The van der Waals surface area contributed by atoms with Gasteiger partial charge in [-0.15, -0.1) is 0 Å². The lowest BCUT2D eigenvalue weighted by molar-refractivity contribution is -0.154. The average molecular weight is 268 g/mol. The molecule has 0 aromatic heterocycles. The fraction of sp³-hybridized carbons (Fsp3) is 0.867. The molecule has 2 atom stereocenters. The standard InChI is InChI=1S/C15H28N2O2/c1-7-8-11-14(19)17(9-10(2)3)12(13(18)16-11)15(4,5)6/h10-12H,7-9H2,1-6H3,(H,16,18). The van der Waals surface area contributed by atoms with Crippen LogP contribution in [0.25, 0.3) is 0 Å². The topological polar surface area (TPSA) is 49.4 Å². The zero-order valence-corrected chi connectivity index (χ0v) is 13.1. The van der Waals surface area contributed by atoms with Crippen LogP contribution in [0.5, 0.6) is 0 Å². The Morgan fingerprint density at radius 2 is 1.84 bits per heavy atom. The van der Waals surface area contributed by atoms with Crippen LogP contribution in [-0.2, 0) is 9.59 Å². The van der Waals surface area contributed by atoms with Gasteiger partial charge < -0.3 is 10.2 Å². The van der Waals surface area contributed by atoms with Gasteiger partial charge >= 0.3 is 0 Å². The quantitative estimate of drug-likeness (QED) is 0.849. The van der Waals surface area contributed by atoms with Crippen molar-refractivity contribution in [1.82, 2.24) is 10.2 Å². The van der Waals surface area contributed by atoms with Crippen LogP contribution in [-0.4, -0.2) is 35.3 Å². The minimum absolute atomic E-state index is 0.00815. The fourth-order valence-electron chi connectivity index (χ4n) is 2.72. The maximum absolute atomic E-state index is 12.6. The maximum Gasteiger partial charge on any atom is 0.245 e. The molecular weight excluding hydrogens is 240 g/mol. The van der Waals surface area contributed by atoms with Crippen molar-refractivity contribution in [2.45, 2.75) is 66.5 Å². The largest absolute Gasteiger partial charge is 0.342 e. The van der Waals surface area contributed by atoms with Crippen LogP contribution in [0, 0.1) is 11.3 Å². The van der Waals surface area contributed by atoms with E-state index in [-0.39, 0.29) is 29.3 Å². The van der Waals surface area contributed by atoms with Gasteiger partial charge in [-0.1, -0.05) is 48.0 Å². The first-order valence-electron chi connectivity index (χ1n) is 7.29. The molecule has 1 aliphatic rings. The highest BCUT2D eigenvalue weighted by atomic mass is 16.2. The van der Waals surface area contributed by atoms with E-state index in [0.717, 1.165) is 12.8 Å². The van der Waals surface area contributed by atoms with E-state index >= 15 is 0 Å². The number of hydrogen-bond donors (Lipinski definition) is 1. The average Bonchev–Trinajstić information content (AvgIpc) is 2.22. The van der Waals surface area contributed by atoms with Crippen molar-refractivity contribution in [3.8, 4) is 0 Å². The molecule has 0 aliphatic carbocycles. The van der Waals surface area contributed by atoms with Crippen molar-refractivity contribution in [3.05, 3.63) is 0 Å². The number of amides is 2. The molecule has 0 bridgehead atoms. The molecule has 0 aromatic rings. The highest BCUT2D eigenvalue weighted by Gasteiger charge is 2.45. The first-order valence-corrected chi connectivity index (χ1v) is 7.29. The van der Waals surface area contributed by atoms with E-state index in [1.54, 1.807) is 4.90 Å². The predicted octanol–water partition coefficient (Wildman–Crippen LogP) is 2.18. The van der Waals surface area contributed by atoms with Crippen LogP contribution in [0.15, 0.2) is 0 Å². The van der Waals surface area contributed by atoms with Crippen LogP contribution in [0.2, 0.25) is 0 Å². The van der Waals surface area contributed by atoms with Crippen LogP contribution >= 0.6 is 0 Å². The second-order valence-corrected chi connectivity index (χ2v) is 7.00. The van der Waals surface area contributed by atoms with E-state index in [0.29, 0.717) is 12.5 Å². The highest BCUT2D eigenvalue weighted by Crippen LogP contribution is 2.29. The maximum atomic E-state index is 12.6. The van der Waals surface area contributed by atoms with Gasteiger partial charge in [-0.05, 0) is 17.8 Å². The number of piperazine rings is 1. The first-order chi connectivity index (χ1) is 8.68. The molecule has 1 aliphatic heterocycles. The van der Waals surface area contributed by atoms with Crippen LogP contribution in [0.3, 0.4) is 0 Å². The smallest absolute Gasteiger partial charge is 0.245 e. The van der Waals surface area contributed by atoms with Crippen LogP contribution in [0.4, 0.5) is 0 Å². The van der Waals surface area contributed by atoms with Crippen LogP contribution in [0.1, 0.15) is 54.4 Å². The Morgan fingerprint density at radius 3 is 2.26 bits per heavy atom. The zero-order chi connectivity index (χ0) is 14.8. The Kier molecular flexibility index (Phi) is 4.99. The Hall–Kier alpha value is -1.06. The molecular formula is C15H28N2O2. The van der Waals surface area contributed by atoms with E-state index in [4.69, 9.17) is 0 Å². The van der Waals surface area contributed by atoms with Gasteiger partial charge in [-0.3, -0.25) is 9.59 Å². The molecule has 0 saturated carbocycles. The van der Waals surface area contributed by atoms with Gasteiger partial charge in [0.15, 0.2) is 0 Å². The summed E-state index contributed by atoms with van der Waals surface area (Å²) in [6.07, 6.45) is 1.61. The lowest BCUT2D eigenvalue weighted by Gasteiger charge is -2.45. The molecule has 0 aromatic carbocycles. The minimum atomic E-state index is -0.365. The molecule has 4 nitrogen and oxygen atoms in total. The Bertz CT molecular complexity index is 345. The molecule has 0 radical (unpaired) electrons. The van der Waals surface area contributed by atoms with Crippen LogP contribution < -0.4 is 5.32 Å². The lowest BCUT2D eigenvalue weighted by Crippen LogP contribution is -2.67. The molecule has 0 spiro atoms. The van der Waals surface area contributed by atoms with Crippen molar-refractivity contribution >= 4 is 11.8 Å². The summed E-state index contributed by atoms with van der Waals surface area (Å²) >= 11 is 0. The van der Waals surface area contributed by atoms with Crippen molar-refractivity contribution in [2.75, 3.05) is 6.54 Å². The number of carbonyl (C=O) groups is 2. The Labute approximate surface area is 116 Å². The predicted molar refractivity (Wildman–Crippen MR) is 76.6 cm³/mol. The molecule has 19 heavy (non-hydrogen) atoms. The van der Waals surface area contributed by atoms with Gasteiger partial charge in [-0.25, -0.2) is 0 Å². The summed E-state index contributed by atoms with van der Waals surface area (Å²) in [7, 11) is 0. The number of rotatable bonds is 4. The number of carbonyl (C=O) groups excluding carboxylic acids is 2. The van der Waals surface area contributed by atoms with E-state index in [9.17, 15) is 9.59 Å². The van der Waals surface area contributed by atoms with Crippen molar-refractivity contribution in [1.29, 1.82) is 0 Å². The van der Waals surface area contributed by atoms with Gasteiger partial charge in [0, 0.05) is 6.54 Å². The van der Waals surface area contributed by atoms with E-state index in [2.05, 4.69) is 19.2 Å². The van der Waals surface area contributed by atoms with Gasteiger partial charge in [0.1, 0.15) is 12.1 Å². The molecule has 2 amide bonds. The van der Waals surface area contributed by atoms with E-state index in [1.165, 1.54) is 0 Å². The van der Waals surface area contributed by atoms with Crippen molar-refractivity contribution in [2.24, 2.45) is 11.3 Å². The molecule has 1 rings (SSSR count). The minimum Gasteiger partial charge on any atom is -0.342 e. The Balaban J connectivity index is 3.03. The lowest BCUT2D eigenvalue weighted by atomic mass is 9.82. The van der Waals surface area contributed by atoms with Crippen molar-refractivity contribution < 1.29 is 9.59 Å². The summed E-state index contributed by atoms with van der Waals surface area (Å²) in [5.41, 5.74) is -0.244. The van der Waals surface area contributed by atoms with E-state index < -0.39 is 0 Å². The summed E-state index contributed by atoms with van der Waals surface area (Å²) in [6, 6.07) is -0.703. The van der Waals surface area contributed by atoms with Crippen molar-refractivity contribution in [3.63, 3.8) is 0 Å². The molecule has 110 valence electrons. The second-order valence-electron chi connectivity index (χ2n) is 7.00. The fourth-order valence-corrected chi connectivity index (χ4v) is 2.72. The highest BCUT2D eigenvalue weighted by molar-refractivity contribution is 5.97. The zero-order valence-electron chi connectivity index (χ0n) is 13.1. The molecule has 1 fully saturated rings. The number of nitrogens with one attached hydrogen (secondary N) is 1. The van der Waals surface area contributed by atoms with E-state index in [1.807, 2.05) is 27.7 Å². The third kappa shape index (κ3) is 3.71. The summed E-state index contributed by atoms with van der Waals surface area (Å²) < 4.78 is 0. The normalized spacial score (nSPS) is 24.9. The second kappa shape index (κ2) is 5.93. The molecule has 4 heteroatoms. The van der Waals surface area contributed by atoms with Gasteiger partial charge in [0.05, 0.1) is 0 Å². The molecule has 1 saturated heterocycles. The first kappa shape index (κ1) is 16.0. The van der Waals surface area contributed by atoms with Gasteiger partial charge in [-0.2, -0.15) is 0 Å². The Morgan fingerprint density at radius 1 is 1.26 bits per heavy atom. The number of hydrogen-bond acceptors (Lipinski definition) is 2. The SMILES string of the molecule is CCCC1NC(=O)C(C(C)(C)C)N(CC(C)C)C1=O. The summed E-state index contributed by atoms with van der Waals surface area (Å²) in [4.78, 5) is 26.7. The van der Waals surface area contributed by atoms with Gasteiger partial charge in [0.25, 0.3) is 0 Å². The monoisotopic (exact) mass is 268 g/mol. The molecule has 2 unspecified atom stereocenters.